The number of ether oxygens (including phenoxy) is 2. The molecular formula is C16H23N7O2. The Kier molecular flexibility index (Phi) is 5.56. The van der Waals surface area contributed by atoms with Gasteiger partial charge in [-0.05, 0) is 12.1 Å². The monoisotopic (exact) mass is 345 g/mol. The Hall–Kier alpha value is -2.52. The molecule has 9 nitrogen and oxygen atoms in total. The molecule has 2 aromatic heterocycles. The highest BCUT2D eigenvalue weighted by molar-refractivity contribution is 5.46. The van der Waals surface area contributed by atoms with Crippen molar-refractivity contribution < 1.29 is 9.47 Å². The third-order valence-corrected chi connectivity index (χ3v) is 4.07. The maximum Gasteiger partial charge on any atom is 0.224 e. The van der Waals surface area contributed by atoms with E-state index in [2.05, 4.69) is 35.5 Å². The van der Waals surface area contributed by atoms with Crippen molar-refractivity contribution in [2.45, 2.75) is 18.8 Å². The van der Waals surface area contributed by atoms with Crippen LogP contribution in [0.15, 0.2) is 24.5 Å². The normalized spacial score (nSPS) is 19.9. The molecule has 1 aliphatic rings. The zero-order valence-electron chi connectivity index (χ0n) is 14.6. The summed E-state index contributed by atoms with van der Waals surface area (Å²) in [6.45, 7) is 1.88. The van der Waals surface area contributed by atoms with Crippen molar-refractivity contribution >= 4 is 17.6 Å². The lowest BCUT2D eigenvalue weighted by atomic mass is 10.2. The molecule has 0 radical (unpaired) electrons. The van der Waals surface area contributed by atoms with Crippen LogP contribution >= 0.6 is 0 Å². The molecule has 25 heavy (non-hydrogen) atoms. The van der Waals surface area contributed by atoms with E-state index in [1.807, 2.05) is 12.1 Å². The van der Waals surface area contributed by atoms with Crippen molar-refractivity contribution in [2.24, 2.45) is 0 Å². The number of methoxy groups -OCH3 is 2. The van der Waals surface area contributed by atoms with Crippen molar-refractivity contribution in [1.29, 1.82) is 0 Å². The number of hydrogen-bond donors (Lipinski definition) is 2. The zero-order valence-corrected chi connectivity index (χ0v) is 14.6. The van der Waals surface area contributed by atoms with Gasteiger partial charge in [0.1, 0.15) is 18.2 Å². The summed E-state index contributed by atoms with van der Waals surface area (Å²) in [5, 5.41) is 6.40. The molecule has 1 saturated heterocycles. The quantitative estimate of drug-likeness (QED) is 0.754. The number of aromatic nitrogens is 4. The van der Waals surface area contributed by atoms with E-state index in [0.717, 1.165) is 24.7 Å². The summed E-state index contributed by atoms with van der Waals surface area (Å²) in [7, 11) is 5.15. The van der Waals surface area contributed by atoms with Gasteiger partial charge in [-0.15, -0.1) is 0 Å². The topological polar surface area (TPSA) is 97.3 Å². The highest BCUT2D eigenvalue weighted by Gasteiger charge is 2.34. The SMILES string of the molecule is CNc1nccc(N2C[C@H](OC)[C@H](Nc3ccnc(COC)n3)C2)n1. The Morgan fingerprint density at radius 1 is 1.16 bits per heavy atom. The maximum absolute atomic E-state index is 5.65. The summed E-state index contributed by atoms with van der Waals surface area (Å²) in [4.78, 5) is 19.5. The molecule has 0 aromatic carbocycles. The van der Waals surface area contributed by atoms with Crippen LogP contribution in [0.2, 0.25) is 0 Å². The molecule has 0 spiro atoms. The van der Waals surface area contributed by atoms with E-state index >= 15 is 0 Å². The van der Waals surface area contributed by atoms with Gasteiger partial charge in [0.15, 0.2) is 5.82 Å². The average Bonchev–Trinajstić information content (AvgIpc) is 3.05. The van der Waals surface area contributed by atoms with E-state index in [4.69, 9.17) is 9.47 Å². The highest BCUT2D eigenvalue weighted by atomic mass is 16.5. The van der Waals surface area contributed by atoms with Crippen LogP contribution in [-0.2, 0) is 16.1 Å². The molecule has 2 N–H and O–H groups in total. The van der Waals surface area contributed by atoms with E-state index in [0.29, 0.717) is 18.4 Å². The lowest BCUT2D eigenvalue weighted by Gasteiger charge is -2.19. The van der Waals surface area contributed by atoms with E-state index in [9.17, 15) is 0 Å². The Labute approximate surface area is 146 Å². The molecular weight excluding hydrogens is 322 g/mol. The van der Waals surface area contributed by atoms with Crippen LogP contribution in [0.25, 0.3) is 0 Å². The summed E-state index contributed by atoms with van der Waals surface area (Å²) in [5.41, 5.74) is 0. The first-order valence-corrected chi connectivity index (χ1v) is 8.09. The lowest BCUT2D eigenvalue weighted by Crippen LogP contribution is -2.34. The van der Waals surface area contributed by atoms with E-state index in [-0.39, 0.29) is 12.1 Å². The van der Waals surface area contributed by atoms with Crippen LogP contribution in [-0.4, -0.2) is 66.4 Å². The molecule has 0 unspecified atom stereocenters. The van der Waals surface area contributed by atoms with Crippen molar-refractivity contribution in [3.8, 4) is 0 Å². The molecule has 0 saturated carbocycles. The molecule has 2 atom stereocenters. The minimum atomic E-state index is 0.0221. The Balaban J connectivity index is 1.72. The fraction of sp³-hybridized carbons (Fsp3) is 0.500. The standard InChI is InChI=1S/C16H23N7O2/c1-17-16-19-7-5-15(22-16)23-8-11(12(9-23)25-3)20-13-4-6-18-14(21-13)10-24-2/h4-7,11-12H,8-10H2,1-3H3,(H,17,19,22)(H,18,20,21)/t11-,12+/m1/s1. The smallest absolute Gasteiger partial charge is 0.224 e. The molecule has 3 rings (SSSR count). The predicted octanol–water partition coefficient (Wildman–Crippen LogP) is 0.770. The first-order valence-electron chi connectivity index (χ1n) is 8.09. The minimum absolute atomic E-state index is 0.0221. The highest BCUT2D eigenvalue weighted by Crippen LogP contribution is 2.22. The van der Waals surface area contributed by atoms with Gasteiger partial charge in [-0.3, -0.25) is 0 Å². The van der Waals surface area contributed by atoms with E-state index < -0.39 is 0 Å². The number of nitrogens with zero attached hydrogens (tertiary/aromatic N) is 5. The number of anilines is 3. The van der Waals surface area contributed by atoms with Crippen LogP contribution in [0, 0.1) is 0 Å². The van der Waals surface area contributed by atoms with Gasteiger partial charge in [0.05, 0.1) is 12.1 Å². The van der Waals surface area contributed by atoms with Gasteiger partial charge in [0.2, 0.25) is 5.95 Å². The maximum atomic E-state index is 5.65. The van der Waals surface area contributed by atoms with Gasteiger partial charge < -0.3 is 25.0 Å². The van der Waals surface area contributed by atoms with Crippen molar-refractivity contribution in [1.82, 2.24) is 19.9 Å². The number of nitrogens with one attached hydrogen (secondary N) is 2. The molecule has 0 aliphatic carbocycles. The van der Waals surface area contributed by atoms with Gasteiger partial charge in [0.25, 0.3) is 0 Å². The second kappa shape index (κ2) is 8.04. The average molecular weight is 345 g/mol. The van der Waals surface area contributed by atoms with Crippen LogP contribution in [0.3, 0.4) is 0 Å². The molecule has 1 aliphatic heterocycles. The molecule has 0 bridgehead atoms. The van der Waals surface area contributed by atoms with E-state index in [1.54, 1.807) is 33.7 Å². The van der Waals surface area contributed by atoms with Gasteiger partial charge in [-0.2, -0.15) is 4.98 Å². The molecule has 3 heterocycles. The Morgan fingerprint density at radius 3 is 2.76 bits per heavy atom. The summed E-state index contributed by atoms with van der Waals surface area (Å²) < 4.78 is 10.7. The van der Waals surface area contributed by atoms with Crippen molar-refractivity contribution in [3.05, 3.63) is 30.4 Å². The minimum Gasteiger partial charge on any atom is -0.377 e. The fourth-order valence-electron chi connectivity index (χ4n) is 2.85. The van der Waals surface area contributed by atoms with E-state index in [1.165, 1.54) is 0 Å². The summed E-state index contributed by atoms with van der Waals surface area (Å²) in [6, 6.07) is 3.83. The predicted molar refractivity (Wildman–Crippen MR) is 94.7 cm³/mol. The molecule has 134 valence electrons. The van der Waals surface area contributed by atoms with Crippen LogP contribution in [0.5, 0.6) is 0 Å². The third-order valence-electron chi connectivity index (χ3n) is 4.07. The largest absolute Gasteiger partial charge is 0.377 e. The number of hydrogen-bond acceptors (Lipinski definition) is 9. The first kappa shape index (κ1) is 17.3. The van der Waals surface area contributed by atoms with Gasteiger partial charge in [0, 0.05) is 46.8 Å². The van der Waals surface area contributed by atoms with Gasteiger partial charge in [-0.1, -0.05) is 0 Å². The van der Waals surface area contributed by atoms with Crippen LogP contribution in [0.4, 0.5) is 17.6 Å². The Bertz CT molecular complexity index is 700. The van der Waals surface area contributed by atoms with Crippen LogP contribution in [0.1, 0.15) is 5.82 Å². The summed E-state index contributed by atoms with van der Waals surface area (Å²) >= 11 is 0. The molecule has 2 aromatic rings. The summed E-state index contributed by atoms with van der Waals surface area (Å²) in [5.74, 6) is 2.87. The molecule has 0 amide bonds. The second-order valence-corrected chi connectivity index (χ2v) is 5.71. The second-order valence-electron chi connectivity index (χ2n) is 5.71. The zero-order chi connectivity index (χ0) is 17.6. The Morgan fingerprint density at radius 2 is 2.00 bits per heavy atom. The van der Waals surface area contributed by atoms with Crippen molar-refractivity contribution in [2.75, 3.05) is 49.9 Å². The van der Waals surface area contributed by atoms with Crippen molar-refractivity contribution in [3.63, 3.8) is 0 Å². The molecule has 1 fully saturated rings. The number of rotatable bonds is 7. The van der Waals surface area contributed by atoms with Crippen LogP contribution < -0.4 is 15.5 Å². The lowest BCUT2D eigenvalue weighted by molar-refractivity contribution is 0.113. The summed E-state index contributed by atoms with van der Waals surface area (Å²) in [6.07, 6.45) is 3.49. The first-order chi connectivity index (χ1) is 12.2. The van der Waals surface area contributed by atoms with Gasteiger partial charge in [-0.25, -0.2) is 15.0 Å². The fourth-order valence-corrected chi connectivity index (χ4v) is 2.85. The third kappa shape index (κ3) is 4.12. The molecule has 9 heteroatoms. The van der Waals surface area contributed by atoms with Gasteiger partial charge >= 0.3 is 0 Å².